The Labute approximate surface area is 125 Å². The summed E-state index contributed by atoms with van der Waals surface area (Å²) in [5, 5.41) is 13.4. The normalized spacial score (nSPS) is 10.9. The molecule has 21 heavy (non-hydrogen) atoms. The molecule has 0 saturated carbocycles. The number of phenolic OH excluding ortho intramolecular Hbond substituents is 1. The zero-order chi connectivity index (χ0) is 15.2. The number of nitrogens with one attached hydrogen (secondary N) is 1. The van der Waals surface area contributed by atoms with E-state index >= 15 is 0 Å². The average molecular weight is 286 g/mol. The van der Waals surface area contributed by atoms with Gasteiger partial charge in [-0.1, -0.05) is 26.0 Å². The van der Waals surface area contributed by atoms with Crippen molar-refractivity contribution in [3.8, 4) is 17.0 Å². The van der Waals surface area contributed by atoms with Gasteiger partial charge >= 0.3 is 0 Å². The monoisotopic (exact) mass is 286 g/mol. The predicted octanol–water partition coefficient (Wildman–Crippen LogP) is 2.73. The topological polar surface area (TPSA) is 84.1 Å². The Kier molecular flexibility index (Phi) is 5.11. The van der Waals surface area contributed by atoms with Crippen molar-refractivity contribution < 1.29 is 5.11 Å². The van der Waals surface area contributed by atoms with Gasteiger partial charge in [0.05, 0.1) is 11.9 Å². The SMILES string of the molecule is CC(C)c1ncc(NCCCN)c(-c2ccccc2O)n1. The van der Waals surface area contributed by atoms with Gasteiger partial charge in [0.2, 0.25) is 0 Å². The summed E-state index contributed by atoms with van der Waals surface area (Å²) in [6.07, 6.45) is 2.65. The van der Waals surface area contributed by atoms with Gasteiger partial charge in [0, 0.05) is 18.0 Å². The fourth-order valence-corrected chi connectivity index (χ4v) is 2.01. The first-order valence-corrected chi connectivity index (χ1v) is 7.22. The van der Waals surface area contributed by atoms with E-state index in [0.717, 1.165) is 30.2 Å². The zero-order valence-electron chi connectivity index (χ0n) is 12.5. The summed E-state index contributed by atoms with van der Waals surface area (Å²) in [5.74, 6) is 1.21. The number of para-hydroxylation sites is 1. The number of hydrogen-bond donors (Lipinski definition) is 3. The molecule has 0 aliphatic heterocycles. The molecule has 5 heteroatoms. The van der Waals surface area contributed by atoms with Gasteiger partial charge in [-0.2, -0.15) is 0 Å². The Balaban J connectivity index is 2.43. The van der Waals surface area contributed by atoms with Gasteiger partial charge < -0.3 is 16.2 Å². The number of hydrogen-bond acceptors (Lipinski definition) is 5. The standard InChI is InChI=1S/C16H22N4O/c1-11(2)16-19-10-13(18-9-5-8-17)15(20-16)12-6-3-4-7-14(12)21/h3-4,6-7,10-11,18,21H,5,8-9,17H2,1-2H3. The molecule has 1 heterocycles. The van der Waals surface area contributed by atoms with Gasteiger partial charge in [-0.05, 0) is 25.1 Å². The Morgan fingerprint density at radius 2 is 2.05 bits per heavy atom. The van der Waals surface area contributed by atoms with Gasteiger partial charge in [0.15, 0.2) is 0 Å². The van der Waals surface area contributed by atoms with Crippen LogP contribution in [0.15, 0.2) is 30.5 Å². The van der Waals surface area contributed by atoms with Crippen molar-refractivity contribution in [2.24, 2.45) is 5.73 Å². The van der Waals surface area contributed by atoms with Crippen LogP contribution in [0.1, 0.15) is 32.0 Å². The van der Waals surface area contributed by atoms with Crippen molar-refractivity contribution in [3.05, 3.63) is 36.3 Å². The molecule has 0 spiro atoms. The highest BCUT2D eigenvalue weighted by Crippen LogP contribution is 2.33. The molecule has 0 bridgehead atoms. The van der Waals surface area contributed by atoms with E-state index in [-0.39, 0.29) is 11.7 Å². The molecule has 1 aromatic carbocycles. The third kappa shape index (κ3) is 3.70. The fourth-order valence-electron chi connectivity index (χ4n) is 2.01. The number of nitrogens with zero attached hydrogens (tertiary/aromatic N) is 2. The molecular weight excluding hydrogens is 264 g/mol. The second kappa shape index (κ2) is 7.04. The van der Waals surface area contributed by atoms with Crippen LogP contribution in [-0.2, 0) is 0 Å². The number of nitrogens with two attached hydrogens (primary N) is 1. The molecule has 4 N–H and O–H groups in total. The second-order valence-electron chi connectivity index (χ2n) is 5.23. The lowest BCUT2D eigenvalue weighted by Gasteiger charge is -2.14. The minimum absolute atomic E-state index is 0.216. The molecule has 0 fully saturated rings. The van der Waals surface area contributed by atoms with Crippen LogP contribution < -0.4 is 11.1 Å². The summed E-state index contributed by atoms with van der Waals surface area (Å²) in [7, 11) is 0. The molecule has 2 rings (SSSR count). The van der Waals surface area contributed by atoms with Crippen molar-refractivity contribution in [2.75, 3.05) is 18.4 Å². The van der Waals surface area contributed by atoms with Gasteiger partial charge in [-0.25, -0.2) is 9.97 Å². The maximum Gasteiger partial charge on any atom is 0.131 e. The van der Waals surface area contributed by atoms with E-state index in [1.165, 1.54) is 0 Å². The maximum absolute atomic E-state index is 10.1. The first-order valence-electron chi connectivity index (χ1n) is 7.22. The zero-order valence-corrected chi connectivity index (χ0v) is 12.5. The van der Waals surface area contributed by atoms with Crippen molar-refractivity contribution >= 4 is 5.69 Å². The Morgan fingerprint density at radius 3 is 2.71 bits per heavy atom. The highest BCUT2D eigenvalue weighted by molar-refractivity contribution is 5.77. The Hall–Kier alpha value is -2.14. The van der Waals surface area contributed by atoms with Crippen LogP contribution >= 0.6 is 0 Å². The van der Waals surface area contributed by atoms with E-state index in [2.05, 4.69) is 15.3 Å². The molecule has 0 aliphatic rings. The molecule has 1 aromatic heterocycles. The molecule has 112 valence electrons. The van der Waals surface area contributed by atoms with Crippen LogP contribution in [0.25, 0.3) is 11.3 Å². The number of anilines is 1. The first kappa shape index (κ1) is 15.3. The van der Waals surface area contributed by atoms with Crippen LogP contribution in [0.5, 0.6) is 5.75 Å². The Morgan fingerprint density at radius 1 is 1.29 bits per heavy atom. The highest BCUT2D eigenvalue weighted by Gasteiger charge is 2.14. The number of benzene rings is 1. The van der Waals surface area contributed by atoms with Crippen molar-refractivity contribution in [3.63, 3.8) is 0 Å². The second-order valence-corrected chi connectivity index (χ2v) is 5.23. The van der Waals surface area contributed by atoms with Gasteiger partial charge in [-0.3, -0.25) is 0 Å². The molecule has 0 radical (unpaired) electrons. The van der Waals surface area contributed by atoms with Crippen molar-refractivity contribution in [1.29, 1.82) is 0 Å². The van der Waals surface area contributed by atoms with Crippen LogP contribution in [0.3, 0.4) is 0 Å². The lowest BCUT2D eigenvalue weighted by atomic mass is 10.1. The third-order valence-electron chi connectivity index (χ3n) is 3.18. The lowest BCUT2D eigenvalue weighted by Crippen LogP contribution is -2.11. The van der Waals surface area contributed by atoms with E-state index in [0.29, 0.717) is 12.1 Å². The van der Waals surface area contributed by atoms with Gasteiger partial charge in [-0.15, -0.1) is 0 Å². The van der Waals surface area contributed by atoms with Crippen LogP contribution in [0.2, 0.25) is 0 Å². The predicted molar refractivity (Wildman–Crippen MR) is 85.4 cm³/mol. The molecule has 2 aromatic rings. The summed E-state index contributed by atoms with van der Waals surface area (Å²) in [4.78, 5) is 9.00. The summed E-state index contributed by atoms with van der Waals surface area (Å²) in [6, 6.07) is 7.20. The summed E-state index contributed by atoms with van der Waals surface area (Å²) in [6.45, 7) is 5.47. The molecular formula is C16H22N4O. The van der Waals surface area contributed by atoms with E-state index in [1.807, 2.05) is 26.0 Å². The molecule has 0 amide bonds. The van der Waals surface area contributed by atoms with Crippen molar-refractivity contribution in [2.45, 2.75) is 26.2 Å². The quantitative estimate of drug-likeness (QED) is 0.711. The van der Waals surface area contributed by atoms with Crippen LogP contribution in [0, 0.1) is 0 Å². The van der Waals surface area contributed by atoms with E-state index in [4.69, 9.17) is 5.73 Å². The van der Waals surface area contributed by atoms with Crippen LogP contribution in [-0.4, -0.2) is 28.2 Å². The Bertz CT molecular complexity index is 599. The third-order valence-corrected chi connectivity index (χ3v) is 3.18. The largest absolute Gasteiger partial charge is 0.507 e. The molecule has 5 nitrogen and oxygen atoms in total. The fraction of sp³-hybridized carbons (Fsp3) is 0.375. The average Bonchev–Trinajstić information content (AvgIpc) is 2.48. The highest BCUT2D eigenvalue weighted by atomic mass is 16.3. The summed E-state index contributed by atoms with van der Waals surface area (Å²) >= 11 is 0. The summed E-state index contributed by atoms with van der Waals surface area (Å²) in [5.41, 5.74) is 7.76. The van der Waals surface area contributed by atoms with Gasteiger partial charge in [0.25, 0.3) is 0 Å². The maximum atomic E-state index is 10.1. The lowest BCUT2D eigenvalue weighted by molar-refractivity contribution is 0.477. The number of phenols is 1. The molecule has 0 saturated heterocycles. The number of aromatic nitrogens is 2. The minimum Gasteiger partial charge on any atom is -0.507 e. The minimum atomic E-state index is 0.216. The van der Waals surface area contributed by atoms with Crippen LogP contribution in [0.4, 0.5) is 5.69 Å². The first-order chi connectivity index (χ1) is 10.1. The molecule has 0 aliphatic carbocycles. The molecule has 0 atom stereocenters. The van der Waals surface area contributed by atoms with E-state index in [9.17, 15) is 5.11 Å². The smallest absolute Gasteiger partial charge is 0.131 e. The van der Waals surface area contributed by atoms with E-state index < -0.39 is 0 Å². The number of rotatable bonds is 6. The number of aromatic hydroxyl groups is 1. The van der Waals surface area contributed by atoms with Crippen molar-refractivity contribution in [1.82, 2.24) is 9.97 Å². The van der Waals surface area contributed by atoms with E-state index in [1.54, 1.807) is 18.3 Å². The molecule has 0 unspecified atom stereocenters. The summed E-state index contributed by atoms with van der Waals surface area (Å²) < 4.78 is 0. The van der Waals surface area contributed by atoms with Gasteiger partial charge in [0.1, 0.15) is 17.3 Å².